The van der Waals surface area contributed by atoms with E-state index in [2.05, 4.69) is 48.2 Å². The molecule has 2 atom stereocenters. The minimum absolute atomic E-state index is 0.343. The Labute approximate surface area is 239 Å². The van der Waals surface area contributed by atoms with Crippen molar-refractivity contribution in [1.82, 2.24) is 0 Å². The molecule has 36 heavy (non-hydrogen) atoms. The predicted octanol–water partition coefficient (Wildman–Crippen LogP) is 6.99. The summed E-state index contributed by atoms with van der Waals surface area (Å²) in [7, 11) is 0. The normalized spacial score (nSPS) is 18.9. The summed E-state index contributed by atoms with van der Waals surface area (Å²) < 4.78 is 11.2. The van der Waals surface area contributed by atoms with E-state index in [1.807, 2.05) is 47.0 Å². The van der Waals surface area contributed by atoms with Crippen LogP contribution in [0.15, 0.2) is 70.2 Å². The van der Waals surface area contributed by atoms with E-state index >= 15 is 0 Å². The fourth-order valence-electron chi connectivity index (χ4n) is 3.21. The van der Waals surface area contributed by atoms with Crippen LogP contribution in [0.1, 0.15) is 11.1 Å². The van der Waals surface area contributed by atoms with Gasteiger partial charge in [-0.3, -0.25) is 0 Å². The van der Waals surface area contributed by atoms with Crippen LogP contribution in [0.25, 0.3) is 0 Å². The van der Waals surface area contributed by atoms with E-state index in [1.165, 1.54) is 23.3 Å². The first-order valence-corrected chi connectivity index (χ1v) is 17.4. The topological polar surface area (TPSA) is 52.6 Å². The zero-order chi connectivity index (χ0) is 25.6. The molecule has 0 N–H and O–H groups in total. The third-order valence-corrected chi connectivity index (χ3v) is 13.2. The van der Waals surface area contributed by atoms with E-state index in [0.717, 1.165) is 45.7 Å². The van der Waals surface area contributed by atoms with Gasteiger partial charge in [-0.2, -0.15) is 23.5 Å². The molecule has 0 fully saturated rings. The van der Waals surface area contributed by atoms with Gasteiger partial charge in [0.1, 0.15) is 13.2 Å². The largest absolute Gasteiger partial charge is 0.457 e. The molecule has 0 spiro atoms. The van der Waals surface area contributed by atoms with Crippen LogP contribution in [0.2, 0.25) is 0 Å². The number of aryl methyl sites for hydroxylation is 2. The highest BCUT2D eigenvalue weighted by Crippen LogP contribution is 2.42. The average Bonchev–Trinajstić information content (AvgIpc) is 3.56. The van der Waals surface area contributed by atoms with Crippen LogP contribution >= 0.6 is 70.6 Å². The monoisotopic (exact) mass is 598 g/mol. The van der Waals surface area contributed by atoms with E-state index in [-0.39, 0.29) is 11.9 Å². The van der Waals surface area contributed by atoms with Crippen LogP contribution in [0.5, 0.6) is 0 Å². The minimum Gasteiger partial charge on any atom is -0.457 e. The summed E-state index contributed by atoms with van der Waals surface area (Å²) in [6.07, 6.45) is 4.56. The van der Waals surface area contributed by atoms with Crippen molar-refractivity contribution in [2.24, 2.45) is 0 Å². The second kappa shape index (κ2) is 16.9. The third-order valence-electron chi connectivity index (χ3n) is 4.97. The number of hydrogen-bond donors (Lipinski definition) is 0. The van der Waals surface area contributed by atoms with E-state index < -0.39 is 0 Å². The second-order valence-corrected chi connectivity index (χ2v) is 15.3. The summed E-state index contributed by atoms with van der Waals surface area (Å²) in [6.45, 7) is 7.54. The molecule has 10 heteroatoms. The SMILES string of the molecule is C=CC(=O)OCC1=CSC(CSCCc2ccccc2CCSCC2SC=C(COC(=O)C=C)S2)S1. The van der Waals surface area contributed by atoms with Gasteiger partial charge in [-0.25, -0.2) is 9.59 Å². The van der Waals surface area contributed by atoms with Crippen molar-refractivity contribution >= 4 is 82.5 Å². The molecule has 3 rings (SSSR count). The number of ether oxygens (including phenoxy) is 2. The summed E-state index contributed by atoms with van der Waals surface area (Å²) in [5.41, 5.74) is 2.90. The first-order valence-electron chi connectivity index (χ1n) is 11.4. The van der Waals surface area contributed by atoms with Gasteiger partial charge in [-0.1, -0.05) is 37.4 Å². The number of benzene rings is 1. The quantitative estimate of drug-likeness (QED) is 0.113. The molecule has 194 valence electrons. The zero-order valence-electron chi connectivity index (χ0n) is 19.9. The van der Waals surface area contributed by atoms with Crippen LogP contribution < -0.4 is 0 Å². The Balaban J connectivity index is 1.27. The van der Waals surface area contributed by atoms with E-state index in [9.17, 15) is 9.59 Å². The van der Waals surface area contributed by atoms with Gasteiger partial charge in [-0.15, -0.1) is 47.0 Å². The number of carbonyl (C=O) groups excluding carboxylic acids is 2. The van der Waals surface area contributed by atoms with Crippen molar-refractivity contribution in [3.63, 3.8) is 0 Å². The van der Waals surface area contributed by atoms with Crippen molar-refractivity contribution in [2.75, 3.05) is 36.2 Å². The molecule has 2 unspecified atom stereocenters. The maximum absolute atomic E-state index is 11.2. The molecule has 0 amide bonds. The minimum atomic E-state index is -0.373. The average molecular weight is 599 g/mol. The van der Waals surface area contributed by atoms with Crippen molar-refractivity contribution < 1.29 is 19.1 Å². The summed E-state index contributed by atoms with van der Waals surface area (Å²) in [4.78, 5) is 24.7. The Morgan fingerprint density at radius 2 is 1.25 bits per heavy atom. The maximum Gasteiger partial charge on any atom is 0.330 e. The molecule has 0 radical (unpaired) electrons. The number of hydrogen-bond acceptors (Lipinski definition) is 10. The van der Waals surface area contributed by atoms with Crippen molar-refractivity contribution in [3.05, 3.63) is 81.3 Å². The lowest BCUT2D eigenvalue weighted by molar-refractivity contribution is -0.137. The van der Waals surface area contributed by atoms with Crippen molar-refractivity contribution in [2.45, 2.75) is 22.0 Å². The summed E-state index contributed by atoms with van der Waals surface area (Å²) >= 11 is 11.2. The Bertz CT molecular complexity index is 900. The van der Waals surface area contributed by atoms with Crippen LogP contribution in [-0.2, 0) is 31.9 Å². The van der Waals surface area contributed by atoms with E-state index in [0.29, 0.717) is 22.4 Å². The molecule has 1 aromatic rings. The second-order valence-electron chi connectivity index (χ2n) is 7.58. The van der Waals surface area contributed by atoms with Crippen molar-refractivity contribution in [1.29, 1.82) is 0 Å². The number of esters is 2. The highest BCUT2D eigenvalue weighted by atomic mass is 32.2. The first-order chi connectivity index (χ1) is 17.6. The number of carbonyl (C=O) groups is 2. The van der Waals surface area contributed by atoms with Gasteiger partial charge in [-0.05, 0) is 46.3 Å². The molecule has 0 saturated carbocycles. The lowest BCUT2D eigenvalue weighted by Crippen LogP contribution is -2.04. The highest BCUT2D eigenvalue weighted by Gasteiger charge is 2.20. The van der Waals surface area contributed by atoms with Crippen LogP contribution in [0.4, 0.5) is 0 Å². The molecule has 1 aromatic carbocycles. The van der Waals surface area contributed by atoms with Gasteiger partial charge in [0.15, 0.2) is 0 Å². The lowest BCUT2D eigenvalue weighted by Gasteiger charge is -2.12. The first kappa shape index (κ1) is 29.8. The molecule has 0 aliphatic carbocycles. The summed E-state index contributed by atoms with van der Waals surface area (Å²) in [5, 5.41) is 4.21. The van der Waals surface area contributed by atoms with Gasteiger partial charge in [0.2, 0.25) is 0 Å². The smallest absolute Gasteiger partial charge is 0.330 e. The summed E-state index contributed by atoms with van der Waals surface area (Å²) in [5.74, 6) is 3.60. The van der Waals surface area contributed by atoms with Gasteiger partial charge < -0.3 is 9.47 Å². The Hall–Kier alpha value is -0.780. The third kappa shape index (κ3) is 10.9. The van der Waals surface area contributed by atoms with Gasteiger partial charge >= 0.3 is 11.9 Å². The number of rotatable bonds is 16. The molecule has 2 heterocycles. The van der Waals surface area contributed by atoms with Gasteiger partial charge in [0.05, 0.1) is 9.16 Å². The summed E-state index contributed by atoms with van der Waals surface area (Å²) in [6, 6.07) is 8.80. The molecule has 2 aliphatic heterocycles. The van der Waals surface area contributed by atoms with Crippen LogP contribution in [0.3, 0.4) is 0 Å². The molecule has 0 bridgehead atoms. The fourth-order valence-corrected chi connectivity index (χ4v) is 10.9. The standard InChI is InChI=1S/C26H30O4S6/c1-3-23(27)29-13-21-15-33-25(35-21)17-31-11-9-19-7-5-6-8-20(19)10-12-32-18-26-34-16-22(36-26)14-30-24(28)4-2/h3-8,15-16,25-26H,1-2,9-14,17-18H2. The van der Waals surface area contributed by atoms with Gasteiger partial charge in [0.25, 0.3) is 0 Å². The Morgan fingerprint density at radius 3 is 1.67 bits per heavy atom. The van der Waals surface area contributed by atoms with Crippen LogP contribution in [-0.4, -0.2) is 57.3 Å². The fraction of sp³-hybridized carbons (Fsp3) is 0.385. The zero-order valence-corrected chi connectivity index (χ0v) is 24.8. The van der Waals surface area contributed by atoms with E-state index in [4.69, 9.17) is 9.47 Å². The Kier molecular flexibility index (Phi) is 14.0. The van der Waals surface area contributed by atoms with E-state index in [1.54, 1.807) is 23.5 Å². The molecule has 2 aliphatic rings. The predicted molar refractivity (Wildman–Crippen MR) is 165 cm³/mol. The van der Waals surface area contributed by atoms with Gasteiger partial charge in [0, 0.05) is 33.5 Å². The van der Waals surface area contributed by atoms with Crippen LogP contribution in [0, 0.1) is 0 Å². The molecule has 0 saturated heterocycles. The lowest BCUT2D eigenvalue weighted by atomic mass is 10.0. The Morgan fingerprint density at radius 1 is 0.806 bits per heavy atom. The molecule has 4 nitrogen and oxygen atoms in total. The highest BCUT2D eigenvalue weighted by molar-refractivity contribution is 8.24. The maximum atomic E-state index is 11.2. The molecule has 0 aromatic heterocycles. The molecular weight excluding hydrogens is 569 g/mol. The number of thioether (sulfide) groups is 6. The molecular formula is C26H30O4S6. The van der Waals surface area contributed by atoms with Crippen molar-refractivity contribution in [3.8, 4) is 0 Å².